The first-order chi connectivity index (χ1) is 22.4. The Balaban J connectivity index is 1.21. The molecular formula is C33H33F3N6O4S. The summed E-state index contributed by atoms with van der Waals surface area (Å²) in [6.45, 7) is 6.48. The second-order valence-corrected chi connectivity index (χ2v) is 12.2. The third-order valence-electron chi connectivity index (χ3n) is 7.25. The lowest BCUT2D eigenvalue weighted by atomic mass is 10.00. The molecular weight excluding hydrogens is 633 g/mol. The fourth-order valence-corrected chi connectivity index (χ4v) is 5.80. The minimum Gasteiger partial charge on any atom is -0.497 e. The quantitative estimate of drug-likeness (QED) is 0.194. The number of anilines is 1. The first-order valence-corrected chi connectivity index (χ1v) is 15.8. The minimum absolute atomic E-state index is 0.0545. The number of hydrogen-bond donors (Lipinski definition) is 1. The molecule has 3 amide bonds. The molecule has 1 aliphatic heterocycles. The second kappa shape index (κ2) is 14.3. The maximum atomic E-state index is 12.9. The van der Waals surface area contributed by atoms with Gasteiger partial charge in [-0.1, -0.05) is 62.9 Å². The number of aromatic nitrogens is 3. The van der Waals surface area contributed by atoms with Gasteiger partial charge in [-0.3, -0.25) is 9.69 Å². The highest BCUT2D eigenvalue weighted by Crippen LogP contribution is 2.34. The lowest BCUT2D eigenvalue weighted by Gasteiger charge is -2.21. The molecule has 0 radical (unpaired) electrons. The summed E-state index contributed by atoms with van der Waals surface area (Å²) in [4.78, 5) is 35.9. The largest absolute Gasteiger partial charge is 0.573 e. The molecule has 3 aromatic carbocycles. The number of nitrogens with one attached hydrogen (secondary N) is 1. The Hall–Kier alpha value is -4.85. The van der Waals surface area contributed by atoms with Crippen molar-refractivity contribution in [2.75, 3.05) is 24.3 Å². The van der Waals surface area contributed by atoms with Gasteiger partial charge in [0.2, 0.25) is 5.91 Å². The Bertz CT molecular complexity index is 1760. The van der Waals surface area contributed by atoms with E-state index < -0.39 is 12.4 Å². The van der Waals surface area contributed by atoms with Gasteiger partial charge in [0.1, 0.15) is 17.8 Å². The van der Waals surface area contributed by atoms with Crippen LogP contribution in [0.4, 0.5) is 23.7 Å². The van der Waals surface area contributed by atoms with Crippen LogP contribution in [-0.2, 0) is 11.2 Å². The van der Waals surface area contributed by atoms with Crippen molar-refractivity contribution in [1.29, 1.82) is 0 Å². The molecule has 1 aromatic heterocycles. The predicted molar refractivity (Wildman–Crippen MR) is 174 cm³/mol. The van der Waals surface area contributed by atoms with E-state index in [1.54, 1.807) is 13.2 Å². The molecule has 5 rings (SSSR count). The highest BCUT2D eigenvalue weighted by molar-refractivity contribution is 8.15. The molecule has 1 fully saturated rings. The average molecular weight is 667 g/mol. The standard InChI is InChI=1S/C33H33F3N6O4S/c1-20(2)15-24-9-12-27(45-4)16-28(24)42-29(43)18-47-32(42)39-31(44)37-17-21(3)22-5-7-23(8-6-22)30-38-19-41(40-30)25-10-13-26(14-11-25)46-33(34,35)36/h5-14,16,19-21H,15,17-18H2,1-4H3,(H,37,44). The van der Waals surface area contributed by atoms with E-state index in [1.807, 2.05) is 43.3 Å². The number of nitrogens with zero attached hydrogens (tertiary/aromatic N) is 5. The van der Waals surface area contributed by atoms with E-state index in [-0.39, 0.29) is 23.3 Å². The normalized spacial score (nSPS) is 14.9. The van der Waals surface area contributed by atoms with Crippen molar-refractivity contribution in [3.05, 3.63) is 84.2 Å². The smallest absolute Gasteiger partial charge is 0.497 e. The molecule has 1 unspecified atom stereocenters. The lowest BCUT2D eigenvalue weighted by molar-refractivity contribution is -0.274. The number of carbonyl (C=O) groups is 2. The molecule has 0 spiro atoms. The van der Waals surface area contributed by atoms with Crippen LogP contribution in [0, 0.1) is 5.92 Å². The number of carbonyl (C=O) groups excluding carboxylic acids is 2. The third kappa shape index (κ3) is 8.50. The summed E-state index contributed by atoms with van der Waals surface area (Å²) in [5.41, 5.74) is 3.86. The second-order valence-electron chi connectivity index (χ2n) is 11.3. The zero-order valence-corrected chi connectivity index (χ0v) is 26.9. The topological polar surface area (TPSA) is 111 Å². The van der Waals surface area contributed by atoms with E-state index in [2.05, 4.69) is 39.0 Å². The van der Waals surface area contributed by atoms with E-state index in [4.69, 9.17) is 4.74 Å². The van der Waals surface area contributed by atoms with Gasteiger partial charge in [0.05, 0.1) is 24.2 Å². The summed E-state index contributed by atoms with van der Waals surface area (Å²) in [7, 11) is 1.57. The number of rotatable bonds is 10. The van der Waals surface area contributed by atoms with Crippen LogP contribution >= 0.6 is 11.8 Å². The van der Waals surface area contributed by atoms with Gasteiger partial charge >= 0.3 is 12.4 Å². The Morgan fingerprint density at radius 1 is 1.04 bits per heavy atom. The molecule has 4 aromatic rings. The summed E-state index contributed by atoms with van der Waals surface area (Å²) >= 11 is 1.22. The zero-order valence-electron chi connectivity index (χ0n) is 26.1. The number of ether oxygens (including phenoxy) is 2. The van der Waals surface area contributed by atoms with E-state index in [0.717, 1.165) is 23.1 Å². The molecule has 1 N–H and O–H groups in total. The zero-order chi connectivity index (χ0) is 33.7. The molecule has 1 atom stereocenters. The van der Waals surface area contributed by atoms with Gasteiger partial charge in [0.25, 0.3) is 0 Å². The Kier molecular flexibility index (Phi) is 10.2. The first kappa shape index (κ1) is 33.5. The van der Waals surface area contributed by atoms with Crippen molar-refractivity contribution in [1.82, 2.24) is 20.1 Å². The Morgan fingerprint density at radius 3 is 2.40 bits per heavy atom. The van der Waals surface area contributed by atoms with Crippen molar-refractivity contribution in [2.24, 2.45) is 10.9 Å². The fourth-order valence-electron chi connectivity index (χ4n) is 4.94. The molecule has 0 aliphatic carbocycles. The number of amides is 3. The van der Waals surface area contributed by atoms with Crippen molar-refractivity contribution >= 4 is 34.6 Å². The van der Waals surface area contributed by atoms with Gasteiger partial charge in [0.15, 0.2) is 11.0 Å². The molecule has 10 nitrogen and oxygen atoms in total. The number of aliphatic imine (C=N–C) groups is 1. The van der Waals surface area contributed by atoms with Crippen LogP contribution in [0.3, 0.4) is 0 Å². The number of amidine groups is 1. The summed E-state index contributed by atoms with van der Waals surface area (Å²) in [6, 6.07) is 17.9. The summed E-state index contributed by atoms with van der Waals surface area (Å²) in [5, 5.41) is 7.60. The highest BCUT2D eigenvalue weighted by atomic mass is 32.2. The maximum Gasteiger partial charge on any atom is 0.573 e. The molecule has 14 heteroatoms. The van der Waals surface area contributed by atoms with E-state index in [1.165, 1.54) is 51.9 Å². The summed E-state index contributed by atoms with van der Waals surface area (Å²) < 4.78 is 48.1. The Labute approximate surface area is 274 Å². The number of thioether (sulfide) groups is 1. The van der Waals surface area contributed by atoms with Gasteiger partial charge < -0.3 is 14.8 Å². The van der Waals surface area contributed by atoms with Gasteiger partial charge in [-0.25, -0.2) is 14.5 Å². The van der Waals surface area contributed by atoms with Crippen molar-refractivity contribution in [3.8, 4) is 28.6 Å². The van der Waals surface area contributed by atoms with Gasteiger partial charge in [-0.2, -0.15) is 4.99 Å². The predicted octanol–water partition coefficient (Wildman–Crippen LogP) is 6.99. The molecule has 0 bridgehead atoms. The lowest BCUT2D eigenvalue weighted by Crippen LogP contribution is -2.33. The summed E-state index contributed by atoms with van der Waals surface area (Å²) in [6.07, 6.45) is -2.54. The number of benzene rings is 3. The van der Waals surface area contributed by atoms with Gasteiger partial charge in [-0.15, -0.1) is 18.3 Å². The number of urea groups is 1. The maximum absolute atomic E-state index is 12.9. The van der Waals surface area contributed by atoms with Gasteiger partial charge in [-0.05, 0) is 59.7 Å². The molecule has 47 heavy (non-hydrogen) atoms. The van der Waals surface area contributed by atoms with E-state index in [0.29, 0.717) is 40.6 Å². The molecule has 1 saturated heterocycles. The van der Waals surface area contributed by atoms with Gasteiger partial charge in [0, 0.05) is 18.2 Å². The monoisotopic (exact) mass is 666 g/mol. The van der Waals surface area contributed by atoms with Crippen LogP contribution in [0.1, 0.15) is 37.8 Å². The number of methoxy groups -OCH3 is 1. The molecule has 0 saturated carbocycles. The van der Waals surface area contributed by atoms with Crippen molar-refractivity contribution < 1.29 is 32.2 Å². The molecule has 246 valence electrons. The van der Waals surface area contributed by atoms with Crippen molar-refractivity contribution in [2.45, 2.75) is 39.5 Å². The molecule has 2 heterocycles. The van der Waals surface area contributed by atoms with E-state index in [9.17, 15) is 22.8 Å². The Morgan fingerprint density at radius 2 is 1.74 bits per heavy atom. The fraction of sp³-hybridized carbons (Fsp3) is 0.303. The van der Waals surface area contributed by atoms with Crippen LogP contribution in [0.25, 0.3) is 17.1 Å². The van der Waals surface area contributed by atoms with Crippen LogP contribution in [-0.4, -0.2) is 57.6 Å². The minimum atomic E-state index is -4.76. The number of alkyl halides is 3. The van der Waals surface area contributed by atoms with Crippen molar-refractivity contribution in [3.63, 3.8) is 0 Å². The SMILES string of the molecule is COc1ccc(CC(C)C)c(N2C(=O)CSC2=NC(=O)NCC(C)c2ccc(-c3ncn(-c4ccc(OC(F)(F)F)cc4)n3)cc2)c1. The highest BCUT2D eigenvalue weighted by Gasteiger charge is 2.33. The van der Waals surface area contributed by atoms with E-state index >= 15 is 0 Å². The third-order valence-corrected chi connectivity index (χ3v) is 8.17. The van der Waals surface area contributed by atoms with Crippen LogP contribution in [0.5, 0.6) is 11.5 Å². The number of halogens is 3. The average Bonchev–Trinajstić information content (AvgIpc) is 3.66. The van der Waals surface area contributed by atoms with Crippen LogP contribution < -0.4 is 19.7 Å². The molecule has 1 aliphatic rings. The number of hydrogen-bond acceptors (Lipinski definition) is 7. The van der Waals surface area contributed by atoms with Crippen LogP contribution in [0.15, 0.2) is 78.0 Å². The first-order valence-electron chi connectivity index (χ1n) is 14.8. The van der Waals surface area contributed by atoms with Crippen LogP contribution in [0.2, 0.25) is 0 Å². The summed E-state index contributed by atoms with van der Waals surface area (Å²) in [5.74, 6) is 1.05.